The lowest BCUT2D eigenvalue weighted by Gasteiger charge is -2.05. The van der Waals surface area contributed by atoms with Crippen molar-refractivity contribution in [2.75, 3.05) is 0 Å². The number of halogens is 1. The van der Waals surface area contributed by atoms with Gasteiger partial charge >= 0.3 is 5.69 Å². The number of nitrogens with one attached hydrogen (secondary N) is 1. The van der Waals surface area contributed by atoms with E-state index < -0.39 is 17.9 Å². The fraction of sp³-hybridized carbons (Fsp3) is 0.222. The molecule has 0 aliphatic rings. The summed E-state index contributed by atoms with van der Waals surface area (Å²) in [6.07, 6.45) is 0.250. The molecule has 0 amide bonds. The van der Waals surface area contributed by atoms with E-state index in [0.29, 0.717) is 10.8 Å². The lowest BCUT2D eigenvalue weighted by atomic mass is 10.2. The molecule has 0 aliphatic heterocycles. The Hall–Kier alpha value is -3.15. The second-order valence-corrected chi connectivity index (χ2v) is 6.11. The number of aromatic amines is 1. The zero-order chi connectivity index (χ0) is 19.4. The van der Waals surface area contributed by atoms with Gasteiger partial charge in [-0.3, -0.25) is 9.36 Å². The lowest BCUT2D eigenvalue weighted by molar-refractivity contribution is 0.274. The van der Waals surface area contributed by atoms with Crippen molar-refractivity contribution < 1.29 is 9.63 Å². The highest BCUT2D eigenvalue weighted by Gasteiger charge is 2.13. The molecule has 2 heterocycles. The highest BCUT2D eigenvalue weighted by atomic mass is 35.5. The van der Waals surface area contributed by atoms with Crippen LogP contribution in [0.15, 0.2) is 38.4 Å². The summed E-state index contributed by atoms with van der Waals surface area (Å²) in [5.74, 6) is 6.33. The summed E-state index contributed by atoms with van der Waals surface area (Å²) in [6, 6.07) is 7.09. The summed E-state index contributed by atoms with van der Waals surface area (Å²) in [7, 11) is 0. The van der Waals surface area contributed by atoms with Crippen LogP contribution in [0, 0.1) is 18.8 Å². The van der Waals surface area contributed by atoms with E-state index in [1.54, 1.807) is 24.3 Å². The minimum atomic E-state index is -0.656. The average molecular weight is 387 g/mol. The fourth-order valence-electron chi connectivity index (χ4n) is 2.34. The Morgan fingerprint density at radius 3 is 2.74 bits per heavy atom. The molecule has 0 bridgehead atoms. The number of rotatable bonds is 4. The van der Waals surface area contributed by atoms with Crippen LogP contribution in [-0.2, 0) is 19.6 Å². The second kappa shape index (κ2) is 8.03. The molecule has 1 aromatic carbocycles. The Labute approximate surface area is 158 Å². The molecule has 0 atom stereocenters. The summed E-state index contributed by atoms with van der Waals surface area (Å²) in [5, 5.41) is 13.6. The first-order valence-electron chi connectivity index (χ1n) is 7.97. The molecule has 0 saturated heterocycles. The van der Waals surface area contributed by atoms with E-state index in [1.165, 1.54) is 6.92 Å². The van der Waals surface area contributed by atoms with Gasteiger partial charge in [-0.15, -0.1) is 0 Å². The number of benzene rings is 1. The maximum atomic E-state index is 12.2. The molecule has 3 aromatic rings. The van der Waals surface area contributed by atoms with Gasteiger partial charge in [0.1, 0.15) is 6.54 Å². The molecule has 0 spiro atoms. The lowest BCUT2D eigenvalue weighted by Crippen LogP contribution is -2.38. The largest absolute Gasteiger partial charge is 0.390 e. The third-order valence-electron chi connectivity index (χ3n) is 3.81. The summed E-state index contributed by atoms with van der Waals surface area (Å²) in [4.78, 5) is 30.9. The van der Waals surface area contributed by atoms with Crippen molar-refractivity contribution in [2.24, 2.45) is 0 Å². The summed E-state index contributed by atoms with van der Waals surface area (Å²) in [6.45, 7) is 0.929. The van der Waals surface area contributed by atoms with Gasteiger partial charge in [0.05, 0.1) is 18.7 Å². The Kier molecular flexibility index (Phi) is 5.54. The van der Waals surface area contributed by atoms with E-state index >= 15 is 0 Å². The molecular formula is C18H15ClN4O4. The number of hydrogen-bond donors (Lipinski definition) is 2. The molecule has 0 fully saturated rings. The van der Waals surface area contributed by atoms with E-state index in [2.05, 4.69) is 27.0 Å². The summed E-state index contributed by atoms with van der Waals surface area (Å²) in [5.41, 5.74) is 0.0678. The van der Waals surface area contributed by atoms with Crippen LogP contribution in [-0.4, -0.2) is 24.8 Å². The Morgan fingerprint density at radius 1 is 1.30 bits per heavy atom. The first-order valence-corrected chi connectivity index (χ1v) is 8.35. The topological polar surface area (TPSA) is 114 Å². The van der Waals surface area contributed by atoms with Gasteiger partial charge in [0.15, 0.2) is 5.82 Å². The quantitative estimate of drug-likeness (QED) is 0.647. The first-order chi connectivity index (χ1) is 13.0. The van der Waals surface area contributed by atoms with E-state index in [9.17, 15) is 9.59 Å². The van der Waals surface area contributed by atoms with Crippen LogP contribution >= 0.6 is 11.6 Å². The molecule has 2 aromatic heterocycles. The number of aromatic nitrogens is 4. The monoisotopic (exact) mass is 386 g/mol. The number of H-pyrrole nitrogens is 1. The van der Waals surface area contributed by atoms with Gasteiger partial charge in [-0.1, -0.05) is 28.6 Å². The van der Waals surface area contributed by atoms with Crippen molar-refractivity contribution in [3.8, 4) is 11.8 Å². The van der Waals surface area contributed by atoms with Crippen LogP contribution in [0.25, 0.3) is 0 Å². The Bertz CT molecular complexity index is 1130. The number of nitrogens with zero attached hydrogens (tertiary/aromatic N) is 3. The van der Waals surface area contributed by atoms with Crippen molar-refractivity contribution in [1.82, 2.24) is 19.7 Å². The SMILES string of the molecule is Cc1c(CO)[nH]c(=O)n(Cc2nc(CC#Cc3ccc(Cl)cc3)no2)c1=O. The molecule has 2 N–H and O–H groups in total. The number of aliphatic hydroxyl groups excluding tert-OH is 1. The van der Waals surface area contributed by atoms with Crippen LogP contribution in [0.1, 0.15) is 28.5 Å². The van der Waals surface area contributed by atoms with E-state index in [0.717, 1.165) is 10.1 Å². The van der Waals surface area contributed by atoms with E-state index in [-0.39, 0.29) is 30.1 Å². The molecular weight excluding hydrogens is 372 g/mol. The molecule has 0 saturated carbocycles. The maximum absolute atomic E-state index is 12.2. The standard InChI is InChI=1S/C18H15ClN4O4/c1-11-14(10-24)20-18(26)23(17(11)25)9-16-21-15(22-27-16)4-2-3-12-5-7-13(19)8-6-12/h5-8,24H,4,9-10H2,1H3,(H,20,26). The number of hydrogen-bond acceptors (Lipinski definition) is 6. The van der Waals surface area contributed by atoms with Crippen molar-refractivity contribution in [2.45, 2.75) is 26.5 Å². The van der Waals surface area contributed by atoms with Crippen molar-refractivity contribution >= 4 is 11.6 Å². The van der Waals surface area contributed by atoms with Crippen LogP contribution < -0.4 is 11.2 Å². The first kappa shape index (κ1) is 18.6. The third kappa shape index (κ3) is 4.34. The normalized spacial score (nSPS) is 10.5. The third-order valence-corrected chi connectivity index (χ3v) is 4.06. The zero-order valence-corrected chi connectivity index (χ0v) is 15.1. The Morgan fingerprint density at radius 2 is 2.04 bits per heavy atom. The van der Waals surface area contributed by atoms with Crippen molar-refractivity contribution in [1.29, 1.82) is 0 Å². The summed E-state index contributed by atoms with van der Waals surface area (Å²) < 4.78 is 6.02. The maximum Gasteiger partial charge on any atom is 0.329 e. The minimum Gasteiger partial charge on any atom is -0.390 e. The van der Waals surface area contributed by atoms with Gasteiger partial charge in [0, 0.05) is 16.1 Å². The van der Waals surface area contributed by atoms with Crippen LogP contribution in [0.3, 0.4) is 0 Å². The van der Waals surface area contributed by atoms with E-state index in [1.807, 2.05) is 0 Å². The van der Waals surface area contributed by atoms with Gasteiger partial charge in [-0.2, -0.15) is 4.98 Å². The van der Waals surface area contributed by atoms with Gasteiger partial charge in [-0.25, -0.2) is 4.79 Å². The molecule has 27 heavy (non-hydrogen) atoms. The average Bonchev–Trinajstić information content (AvgIpc) is 3.11. The molecule has 9 heteroatoms. The highest BCUT2D eigenvalue weighted by molar-refractivity contribution is 6.30. The Balaban J connectivity index is 1.74. The smallest absolute Gasteiger partial charge is 0.329 e. The molecule has 0 radical (unpaired) electrons. The van der Waals surface area contributed by atoms with Crippen molar-refractivity contribution in [3.05, 3.63) is 78.7 Å². The predicted molar refractivity (Wildman–Crippen MR) is 97.4 cm³/mol. The molecule has 0 unspecified atom stereocenters. The van der Waals surface area contributed by atoms with Gasteiger partial charge < -0.3 is 14.6 Å². The molecule has 3 rings (SSSR count). The predicted octanol–water partition coefficient (Wildman–Crippen LogP) is 1.02. The fourth-order valence-corrected chi connectivity index (χ4v) is 2.46. The van der Waals surface area contributed by atoms with E-state index in [4.69, 9.17) is 21.2 Å². The summed E-state index contributed by atoms with van der Waals surface area (Å²) >= 11 is 5.82. The van der Waals surface area contributed by atoms with Crippen molar-refractivity contribution in [3.63, 3.8) is 0 Å². The second-order valence-electron chi connectivity index (χ2n) is 5.67. The van der Waals surface area contributed by atoms with Gasteiger partial charge in [0.2, 0.25) is 5.89 Å². The molecule has 8 nitrogen and oxygen atoms in total. The highest BCUT2D eigenvalue weighted by Crippen LogP contribution is 2.08. The van der Waals surface area contributed by atoms with Crippen LogP contribution in [0.2, 0.25) is 5.02 Å². The van der Waals surface area contributed by atoms with Crippen LogP contribution in [0.5, 0.6) is 0 Å². The molecule has 0 aliphatic carbocycles. The minimum absolute atomic E-state index is 0.113. The van der Waals surface area contributed by atoms with Gasteiger partial charge in [-0.05, 0) is 31.2 Å². The zero-order valence-electron chi connectivity index (χ0n) is 14.3. The molecule has 138 valence electrons. The van der Waals surface area contributed by atoms with Gasteiger partial charge in [0.25, 0.3) is 5.56 Å². The van der Waals surface area contributed by atoms with Crippen LogP contribution in [0.4, 0.5) is 0 Å². The number of aliphatic hydroxyl groups is 1.